The Bertz CT molecular complexity index is 705. The molecule has 116 valence electrons. The lowest BCUT2D eigenvalue weighted by atomic mass is 10.2. The summed E-state index contributed by atoms with van der Waals surface area (Å²) in [6.45, 7) is 5.19. The van der Waals surface area contributed by atoms with Gasteiger partial charge in [-0.25, -0.2) is 0 Å². The molecular formula is C18H20BrNO2. The van der Waals surface area contributed by atoms with E-state index in [1.807, 2.05) is 43.3 Å². The third-order valence-electron chi connectivity index (χ3n) is 3.55. The quantitative estimate of drug-likeness (QED) is 0.706. The normalized spacial score (nSPS) is 11.5. The van der Waals surface area contributed by atoms with Crippen LogP contribution in [0.2, 0.25) is 0 Å². The maximum absolute atomic E-state index is 12.3. The monoisotopic (exact) mass is 361 g/mol. The van der Waals surface area contributed by atoms with Gasteiger partial charge in [-0.15, -0.1) is 0 Å². The van der Waals surface area contributed by atoms with Crippen molar-refractivity contribution in [1.29, 1.82) is 0 Å². The van der Waals surface area contributed by atoms with Crippen molar-refractivity contribution in [3.8, 4) is 5.75 Å². The lowest BCUT2D eigenvalue weighted by Gasteiger charge is -2.11. The molecule has 0 N–H and O–H groups in total. The van der Waals surface area contributed by atoms with Crippen molar-refractivity contribution in [2.24, 2.45) is 0 Å². The highest BCUT2D eigenvalue weighted by Gasteiger charge is 2.09. The standard InChI is InChI=1S/C18H20BrNO2/c1-3-14(2)9-11-20-12-10-16(17(19)18(20)21)22-13-15-7-5-4-6-8-15/h3-8,10,12H,9,11,13H2,1-2H3/b14-3-. The molecule has 0 aliphatic heterocycles. The lowest BCUT2D eigenvalue weighted by molar-refractivity contribution is 0.302. The van der Waals surface area contributed by atoms with Gasteiger partial charge >= 0.3 is 0 Å². The Labute approximate surface area is 139 Å². The minimum atomic E-state index is -0.0607. The molecule has 3 nitrogen and oxygen atoms in total. The SMILES string of the molecule is C/C=C(/C)CCn1ccc(OCc2ccccc2)c(Br)c1=O. The van der Waals surface area contributed by atoms with Gasteiger partial charge in [0.2, 0.25) is 0 Å². The van der Waals surface area contributed by atoms with Gasteiger partial charge in [-0.1, -0.05) is 42.0 Å². The predicted molar refractivity (Wildman–Crippen MR) is 93.2 cm³/mol. The Balaban J connectivity index is 2.08. The molecule has 1 aromatic carbocycles. The van der Waals surface area contributed by atoms with Crippen molar-refractivity contribution in [3.63, 3.8) is 0 Å². The van der Waals surface area contributed by atoms with Crippen molar-refractivity contribution in [2.45, 2.75) is 33.4 Å². The van der Waals surface area contributed by atoms with Crippen LogP contribution in [0.1, 0.15) is 25.8 Å². The molecule has 0 saturated carbocycles. The number of allylic oxidation sites excluding steroid dienone is 2. The van der Waals surface area contributed by atoms with Crippen LogP contribution in [-0.4, -0.2) is 4.57 Å². The van der Waals surface area contributed by atoms with E-state index in [-0.39, 0.29) is 5.56 Å². The van der Waals surface area contributed by atoms with E-state index >= 15 is 0 Å². The van der Waals surface area contributed by atoms with Crippen LogP contribution in [-0.2, 0) is 13.2 Å². The summed E-state index contributed by atoms with van der Waals surface area (Å²) in [7, 11) is 0. The minimum Gasteiger partial charge on any atom is -0.487 e. The molecule has 0 saturated heterocycles. The van der Waals surface area contributed by atoms with E-state index in [0.29, 0.717) is 23.4 Å². The Morgan fingerprint density at radius 1 is 1.27 bits per heavy atom. The van der Waals surface area contributed by atoms with Gasteiger partial charge in [0.1, 0.15) is 16.8 Å². The molecule has 0 atom stereocenters. The number of halogens is 1. The first-order valence-corrected chi connectivity index (χ1v) is 8.08. The third kappa shape index (κ3) is 4.34. The van der Waals surface area contributed by atoms with Crippen molar-refractivity contribution in [1.82, 2.24) is 4.57 Å². The van der Waals surface area contributed by atoms with E-state index in [0.717, 1.165) is 12.0 Å². The summed E-state index contributed by atoms with van der Waals surface area (Å²) in [5, 5.41) is 0. The summed E-state index contributed by atoms with van der Waals surface area (Å²) in [5.41, 5.74) is 2.28. The topological polar surface area (TPSA) is 31.2 Å². The molecule has 22 heavy (non-hydrogen) atoms. The fourth-order valence-corrected chi connectivity index (χ4v) is 2.47. The van der Waals surface area contributed by atoms with E-state index in [1.54, 1.807) is 10.8 Å². The second-order valence-electron chi connectivity index (χ2n) is 5.15. The molecular weight excluding hydrogens is 342 g/mol. The molecule has 2 rings (SSSR count). The molecule has 0 aliphatic carbocycles. The summed E-state index contributed by atoms with van der Waals surface area (Å²) in [4.78, 5) is 12.3. The first-order valence-electron chi connectivity index (χ1n) is 7.29. The van der Waals surface area contributed by atoms with Crippen LogP contribution in [0.4, 0.5) is 0 Å². The first-order chi connectivity index (χ1) is 10.6. The average molecular weight is 362 g/mol. The van der Waals surface area contributed by atoms with Crippen molar-refractivity contribution < 1.29 is 4.74 Å². The van der Waals surface area contributed by atoms with Crippen LogP contribution < -0.4 is 10.3 Å². The van der Waals surface area contributed by atoms with Gasteiger partial charge in [-0.3, -0.25) is 4.79 Å². The van der Waals surface area contributed by atoms with Crippen LogP contribution in [0, 0.1) is 0 Å². The van der Waals surface area contributed by atoms with Gasteiger partial charge in [-0.2, -0.15) is 0 Å². The summed E-state index contributed by atoms with van der Waals surface area (Å²) in [6.07, 6.45) is 4.72. The Morgan fingerprint density at radius 2 is 2.00 bits per heavy atom. The third-order valence-corrected chi connectivity index (χ3v) is 4.28. The van der Waals surface area contributed by atoms with Gasteiger partial charge in [-0.05, 0) is 47.8 Å². The highest BCUT2D eigenvalue weighted by molar-refractivity contribution is 9.10. The largest absolute Gasteiger partial charge is 0.487 e. The van der Waals surface area contributed by atoms with Crippen molar-refractivity contribution in [2.75, 3.05) is 0 Å². The maximum Gasteiger partial charge on any atom is 0.268 e. The lowest BCUT2D eigenvalue weighted by Crippen LogP contribution is -2.21. The molecule has 2 aromatic rings. The molecule has 0 radical (unpaired) electrons. The molecule has 1 aromatic heterocycles. The molecule has 0 fully saturated rings. The molecule has 1 heterocycles. The number of ether oxygens (including phenoxy) is 1. The number of aromatic nitrogens is 1. The van der Waals surface area contributed by atoms with E-state index < -0.39 is 0 Å². The Hall–Kier alpha value is -1.81. The second kappa shape index (κ2) is 7.99. The summed E-state index contributed by atoms with van der Waals surface area (Å²) < 4.78 is 7.91. The molecule has 0 bridgehead atoms. The Kier molecular flexibility index (Phi) is 6.01. The number of rotatable bonds is 6. The molecule has 0 aliphatic rings. The van der Waals surface area contributed by atoms with Crippen LogP contribution in [0.5, 0.6) is 5.75 Å². The summed E-state index contributed by atoms with van der Waals surface area (Å²) >= 11 is 3.36. The highest BCUT2D eigenvalue weighted by atomic mass is 79.9. The van der Waals surface area contributed by atoms with Crippen molar-refractivity contribution >= 4 is 15.9 Å². The van der Waals surface area contributed by atoms with E-state index in [1.165, 1.54) is 5.57 Å². The summed E-state index contributed by atoms with van der Waals surface area (Å²) in [6, 6.07) is 11.7. The Morgan fingerprint density at radius 3 is 2.68 bits per heavy atom. The van der Waals surface area contributed by atoms with Gasteiger partial charge in [0.15, 0.2) is 0 Å². The zero-order valence-corrected chi connectivity index (χ0v) is 14.5. The van der Waals surface area contributed by atoms with E-state index in [4.69, 9.17) is 4.74 Å². The molecule has 0 spiro atoms. The number of benzene rings is 1. The zero-order chi connectivity index (χ0) is 15.9. The van der Waals surface area contributed by atoms with E-state index in [2.05, 4.69) is 28.9 Å². The fraction of sp³-hybridized carbons (Fsp3) is 0.278. The van der Waals surface area contributed by atoms with Crippen LogP contribution in [0.25, 0.3) is 0 Å². The number of pyridine rings is 1. The smallest absolute Gasteiger partial charge is 0.268 e. The minimum absolute atomic E-state index is 0.0607. The van der Waals surface area contributed by atoms with Crippen molar-refractivity contribution in [3.05, 3.63) is 74.6 Å². The summed E-state index contributed by atoms with van der Waals surface area (Å²) in [5.74, 6) is 0.577. The first kappa shape index (κ1) is 16.6. The fourth-order valence-electron chi connectivity index (χ4n) is 1.99. The van der Waals surface area contributed by atoms with Gasteiger partial charge in [0.05, 0.1) is 0 Å². The van der Waals surface area contributed by atoms with E-state index in [9.17, 15) is 4.79 Å². The second-order valence-corrected chi connectivity index (χ2v) is 5.94. The van der Waals surface area contributed by atoms with Gasteiger partial charge in [0, 0.05) is 12.7 Å². The average Bonchev–Trinajstić information content (AvgIpc) is 2.56. The van der Waals surface area contributed by atoms with Crippen LogP contribution in [0.3, 0.4) is 0 Å². The predicted octanol–water partition coefficient (Wildman–Crippen LogP) is 4.55. The number of aryl methyl sites for hydroxylation is 1. The molecule has 0 amide bonds. The van der Waals surface area contributed by atoms with Gasteiger partial charge in [0.25, 0.3) is 5.56 Å². The number of hydrogen-bond donors (Lipinski definition) is 0. The van der Waals surface area contributed by atoms with Crippen LogP contribution >= 0.6 is 15.9 Å². The van der Waals surface area contributed by atoms with Crippen LogP contribution in [0.15, 0.2) is 63.5 Å². The number of nitrogens with zero attached hydrogens (tertiary/aromatic N) is 1. The number of hydrogen-bond acceptors (Lipinski definition) is 2. The van der Waals surface area contributed by atoms with Gasteiger partial charge < -0.3 is 9.30 Å². The molecule has 4 heteroatoms. The highest BCUT2D eigenvalue weighted by Crippen LogP contribution is 2.21. The zero-order valence-electron chi connectivity index (χ0n) is 12.9. The molecule has 0 unspecified atom stereocenters. The maximum atomic E-state index is 12.3.